The van der Waals surface area contributed by atoms with Gasteiger partial charge in [0.25, 0.3) is 0 Å². The first-order chi connectivity index (χ1) is 26.8. The van der Waals surface area contributed by atoms with E-state index in [1.165, 1.54) is 57.9 Å². The third-order valence-corrected chi connectivity index (χ3v) is 13.4. The van der Waals surface area contributed by atoms with Crippen LogP contribution in [0.15, 0.2) is 199 Å². The molecule has 1 aliphatic carbocycles. The van der Waals surface area contributed by atoms with Gasteiger partial charge in [0.2, 0.25) is 0 Å². The van der Waals surface area contributed by atoms with Crippen LogP contribution >= 0.6 is 23.1 Å². The van der Waals surface area contributed by atoms with Gasteiger partial charge < -0.3 is 9.80 Å². The van der Waals surface area contributed by atoms with Crippen LogP contribution in [0, 0.1) is 0 Å². The molecule has 0 saturated carbocycles. The summed E-state index contributed by atoms with van der Waals surface area (Å²) in [5.74, 6) is 0.285. The topological polar surface area (TPSA) is 6.48 Å². The molecule has 54 heavy (non-hydrogen) atoms. The molecule has 1 aromatic heterocycles. The molecule has 2 atom stereocenters. The van der Waals surface area contributed by atoms with Crippen LogP contribution in [0.2, 0.25) is 0 Å². The number of benzene rings is 8. The Morgan fingerprint density at radius 3 is 1.70 bits per heavy atom. The van der Waals surface area contributed by atoms with Crippen molar-refractivity contribution in [2.75, 3.05) is 9.80 Å². The van der Waals surface area contributed by atoms with E-state index in [4.69, 9.17) is 0 Å². The van der Waals surface area contributed by atoms with E-state index in [0.29, 0.717) is 5.25 Å². The number of hydrogen-bond acceptors (Lipinski definition) is 4. The maximum absolute atomic E-state index is 2.56. The molecule has 0 fully saturated rings. The summed E-state index contributed by atoms with van der Waals surface area (Å²) in [6.45, 7) is 0. The summed E-state index contributed by atoms with van der Waals surface area (Å²) in [6, 6.07) is 62.5. The molecule has 2 unspecified atom stereocenters. The molecular formula is C50H34N2S2. The van der Waals surface area contributed by atoms with Gasteiger partial charge in [-0.1, -0.05) is 140 Å². The van der Waals surface area contributed by atoms with Gasteiger partial charge in [-0.15, -0.1) is 23.1 Å². The normalized spacial score (nSPS) is 15.9. The van der Waals surface area contributed by atoms with Crippen molar-refractivity contribution in [3.8, 4) is 0 Å². The van der Waals surface area contributed by atoms with Crippen LogP contribution in [0.4, 0.5) is 34.1 Å². The zero-order chi connectivity index (χ0) is 35.6. The van der Waals surface area contributed by atoms with Crippen LogP contribution in [-0.4, -0.2) is 5.25 Å². The van der Waals surface area contributed by atoms with Gasteiger partial charge in [0.15, 0.2) is 0 Å². The van der Waals surface area contributed by atoms with Crippen molar-refractivity contribution in [3.63, 3.8) is 0 Å². The van der Waals surface area contributed by atoms with E-state index >= 15 is 0 Å². The van der Waals surface area contributed by atoms with Gasteiger partial charge in [-0.3, -0.25) is 0 Å². The molecule has 2 nitrogen and oxygen atoms in total. The van der Waals surface area contributed by atoms with Crippen LogP contribution in [0.3, 0.4) is 0 Å². The van der Waals surface area contributed by atoms with Crippen molar-refractivity contribution in [1.82, 2.24) is 0 Å². The number of anilines is 6. The van der Waals surface area contributed by atoms with Crippen molar-refractivity contribution in [3.05, 3.63) is 200 Å². The number of fused-ring (bicyclic) bond motifs is 9. The van der Waals surface area contributed by atoms with E-state index in [0.717, 1.165) is 28.4 Å². The average molecular weight is 727 g/mol. The monoisotopic (exact) mass is 726 g/mol. The number of thiophene rings is 1. The molecule has 0 N–H and O–H groups in total. The minimum atomic E-state index is 0.285. The fraction of sp³-hybridized carbons (Fsp3) is 0.0400. The first kappa shape index (κ1) is 31.5. The molecule has 256 valence electrons. The minimum absolute atomic E-state index is 0.285. The third kappa shape index (κ3) is 4.95. The molecule has 11 rings (SSSR count). The fourth-order valence-corrected chi connectivity index (χ4v) is 11.1. The van der Waals surface area contributed by atoms with E-state index < -0.39 is 0 Å². The number of rotatable bonds is 6. The molecule has 8 aromatic carbocycles. The smallest absolute Gasteiger partial charge is 0.0788 e. The summed E-state index contributed by atoms with van der Waals surface area (Å²) < 4.78 is 2.59. The second kappa shape index (κ2) is 12.8. The number of allylic oxidation sites excluding steroid dienone is 3. The molecule has 0 radical (unpaired) electrons. The summed E-state index contributed by atoms with van der Waals surface area (Å²) in [7, 11) is 0. The Balaban J connectivity index is 1.28. The lowest BCUT2D eigenvalue weighted by atomic mass is 9.89. The summed E-state index contributed by atoms with van der Waals surface area (Å²) >= 11 is 3.85. The van der Waals surface area contributed by atoms with Crippen LogP contribution in [0.5, 0.6) is 0 Å². The highest BCUT2D eigenvalue weighted by Gasteiger charge is 2.36. The van der Waals surface area contributed by atoms with Gasteiger partial charge in [0.1, 0.15) is 0 Å². The van der Waals surface area contributed by atoms with E-state index in [1.807, 2.05) is 23.1 Å². The highest BCUT2D eigenvalue weighted by molar-refractivity contribution is 8.00. The van der Waals surface area contributed by atoms with Crippen molar-refractivity contribution in [2.45, 2.75) is 16.1 Å². The van der Waals surface area contributed by atoms with Gasteiger partial charge in [-0.05, 0) is 70.9 Å². The quantitative estimate of drug-likeness (QED) is 0.124. The van der Waals surface area contributed by atoms with Crippen molar-refractivity contribution >= 4 is 98.9 Å². The van der Waals surface area contributed by atoms with Gasteiger partial charge >= 0.3 is 0 Å². The van der Waals surface area contributed by atoms with E-state index in [2.05, 4.69) is 204 Å². The van der Waals surface area contributed by atoms with E-state index in [-0.39, 0.29) is 5.92 Å². The second-order valence-electron chi connectivity index (χ2n) is 14.0. The minimum Gasteiger partial charge on any atom is -0.308 e. The highest BCUT2D eigenvalue weighted by atomic mass is 32.2. The Kier molecular flexibility index (Phi) is 7.46. The van der Waals surface area contributed by atoms with Gasteiger partial charge in [-0.2, -0.15) is 0 Å². The number of hydrogen-bond donors (Lipinski definition) is 0. The van der Waals surface area contributed by atoms with Gasteiger partial charge in [0, 0.05) is 64.1 Å². The van der Waals surface area contributed by atoms with Crippen LogP contribution < -0.4 is 9.80 Å². The van der Waals surface area contributed by atoms with Crippen LogP contribution in [-0.2, 0) is 0 Å². The summed E-state index contributed by atoms with van der Waals surface area (Å²) in [4.78, 5) is 6.42. The first-order valence-electron chi connectivity index (χ1n) is 18.5. The third-order valence-electron chi connectivity index (χ3n) is 10.9. The lowest BCUT2D eigenvalue weighted by Crippen LogP contribution is -2.19. The average Bonchev–Trinajstić information content (AvgIpc) is 3.81. The predicted molar refractivity (Wildman–Crippen MR) is 234 cm³/mol. The van der Waals surface area contributed by atoms with Gasteiger partial charge in [-0.25, -0.2) is 0 Å². The standard InChI is InChI=1S/C50H34N2S2/c1-3-16-33(17-4-1)51(35-30-31-39-38-22-11-13-27-44(38)54-47(39)32-35)49-40-23-9-7-20-36(40)37-21-8-10-24-41(37)50(49)52(34-18-5-2-6-19-34)43-26-15-29-46-48(43)42-25-12-14-28-45(42)53-46/h1-32,42,45H. The summed E-state index contributed by atoms with van der Waals surface area (Å²) in [5, 5.41) is 7.86. The zero-order valence-corrected chi connectivity index (χ0v) is 31.0. The van der Waals surface area contributed by atoms with Gasteiger partial charge in [0.05, 0.1) is 17.1 Å². The number of thioether (sulfide) groups is 1. The van der Waals surface area contributed by atoms with Crippen molar-refractivity contribution < 1.29 is 0 Å². The molecule has 9 aromatic rings. The SMILES string of the molecule is C1=CC2Sc3cccc(N(c4ccccc4)c4c(N(c5ccccc5)c5ccc6c(c5)sc5ccccc56)c5ccccc5c5ccccc45)c3C2C=C1. The molecule has 0 saturated heterocycles. The zero-order valence-electron chi connectivity index (χ0n) is 29.3. The molecule has 2 aliphatic rings. The number of para-hydroxylation sites is 2. The maximum Gasteiger partial charge on any atom is 0.0788 e. The second-order valence-corrected chi connectivity index (χ2v) is 16.3. The molecular weight excluding hydrogens is 693 g/mol. The lowest BCUT2D eigenvalue weighted by Gasteiger charge is -2.36. The molecule has 0 bridgehead atoms. The first-order valence-corrected chi connectivity index (χ1v) is 20.2. The summed E-state index contributed by atoms with van der Waals surface area (Å²) in [6.07, 6.45) is 9.18. The number of nitrogens with zero attached hydrogens (tertiary/aromatic N) is 2. The Hall–Kier alpha value is -6.07. The molecule has 4 heteroatoms. The van der Waals surface area contributed by atoms with Crippen LogP contribution in [0.25, 0.3) is 41.7 Å². The van der Waals surface area contributed by atoms with Crippen molar-refractivity contribution in [1.29, 1.82) is 0 Å². The fourth-order valence-electron chi connectivity index (χ4n) is 8.63. The largest absolute Gasteiger partial charge is 0.308 e. The van der Waals surface area contributed by atoms with E-state index in [1.54, 1.807) is 0 Å². The molecule has 2 heterocycles. The van der Waals surface area contributed by atoms with Crippen molar-refractivity contribution in [2.24, 2.45) is 0 Å². The van der Waals surface area contributed by atoms with Crippen LogP contribution in [0.1, 0.15) is 11.5 Å². The highest BCUT2D eigenvalue weighted by Crippen LogP contribution is 2.58. The Morgan fingerprint density at radius 2 is 0.981 bits per heavy atom. The Labute approximate surface area is 322 Å². The predicted octanol–water partition coefficient (Wildman–Crippen LogP) is 15.0. The summed E-state index contributed by atoms with van der Waals surface area (Å²) in [5.41, 5.74) is 8.29. The molecule has 0 spiro atoms. The Bertz CT molecular complexity index is 2940. The molecule has 0 amide bonds. The van der Waals surface area contributed by atoms with E-state index in [9.17, 15) is 0 Å². The Morgan fingerprint density at radius 1 is 0.407 bits per heavy atom. The maximum atomic E-state index is 2.56. The molecule has 1 aliphatic heterocycles. The lowest BCUT2D eigenvalue weighted by molar-refractivity contribution is 0.878.